The van der Waals surface area contributed by atoms with Gasteiger partial charge in [-0.05, 0) is 24.6 Å². The Hall–Kier alpha value is -1.82. The minimum atomic E-state index is -0.505. The second-order valence-electron chi connectivity index (χ2n) is 4.11. The van der Waals surface area contributed by atoms with E-state index in [0.717, 1.165) is 10.0 Å². The van der Waals surface area contributed by atoms with Gasteiger partial charge in [-0.3, -0.25) is 0 Å². The smallest absolute Gasteiger partial charge is 0.337 e. The van der Waals surface area contributed by atoms with Crippen molar-refractivity contribution < 1.29 is 14.3 Å². The highest BCUT2D eigenvalue weighted by molar-refractivity contribution is 9.10. The summed E-state index contributed by atoms with van der Waals surface area (Å²) in [5.74, 6) is -0.460. The minimum absolute atomic E-state index is 0.335. The number of benzene rings is 1. The molecule has 2 rings (SSSR count). The number of carbonyl (C=O) groups excluding carboxylic acids is 2. The average molecular weight is 325 g/mol. The molecule has 1 atom stereocenters. The third-order valence-electron chi connectivity index (χ3n) is 2.88. The van der Waals surface area contributed by atoms with Crippen molar-refractivity contribution in [3.05, 3.63) is 45.6 Å². The first-order chi connectivity index (χ1) is 9.02. The van der Waals surface area contributed by atoms with E-state index in [1.165, 1.54) is 7.11 Å². The van der Waals surface area contributed by atoms with E-state index in [-0.39, 0.29) is 6.03 Å². The number of carbonyl (C=O) groups is 2. The number of esters is 1. The molecule has 5 nitrogen and oxygen atoms in total. The first-order valence-corrected chi connectivity index (χ1v) is 6.44. The topological polar surface area (TPSA) is 67.4 Å². The van der Waals surface area contributed by atoms with Crippen LogP contribution in [0.1, 0.15) is 18.5 Å². The van der Waals surface area contributed by atoms with Crippen molar-refractivity contribution in [3.8, 4) is 0 Å². The van der Waals surface area contributed by atoms with Gasteiger partial charge in [0, 0.05) is 10.2 Å². The normalized spacial score (nSPS) is 18.7. The Morgan fingerprint density at radius 2 is 1.95 bits per heavy atom. The molecule has 1 aromatic carbocycles. The number of nitrogens with one attached hydrogen (secondary N) is 2. The van der Waals surface area contributed by atoms with Crippen LogP contribution in [0.2, 0.25) is 0 Å². The third kappa shape index (κ3) is 2.78. The summed E-state index contributed by atoms with van der Waals surface area (Å²) < 4.78 is 5.70. The van der Waals surface area contributed by atoms with Gasteiger partial charge in [-0.2, -0.15) is 0 Å². The molecule has 0 fully saturated rings. The molecule has 0 aromatic heterocycles. The lowest BCUT2D eigenvalue weighted by Crippen LogP contribution is -2.45. The number of methoxy groups -OCH3 is 1. The maximum atomic E-state index is 11.9. The summed E-state index contributed by atoms with van der Waals surface area (Å²) in [4.78, 5) is 23.4. The molecule has 0 saturated carbocycles. The van der Waals surface area contributed by atoms with Crippen LogP contribution in [0.25, 0.3) is 0 Å². The summed E-state index contributed by atoms with van der Waals surface area (Å²) in [6, 6.07) is 6.56. The zero-order chi connectivity index (χ0) is 14.0. The number of hydrogen-bond acceptors (Lipinski definition) is 3. The summed E-state index contributed by atoms with van der Waals surface area (Å²) in [5, 5.41) is 5.30. The Labute approximate surface area is 119 Å². The quantitative estimate of drug-likeness (QED) is 0.820. The van der Waals surface area contributed by atoms with Gasteiger partial charge in [0.15, 0.2) is 0 Å². The number of halogens is 1. The van der Waals surface area contributed by atoms with Gasteiger partial charge in [0.25, 0.3) is 0 Å². The number of rotatable bonds is 2. The lowest BCUT2D eigenvalue weighted by molar-refractivity contribution is -0.136. The molecule has 0 radical (unpaired) electrons. The van der Waals surface area contributed by atoms with E-state index in [0.29, 0.717) is 11.3 Å². The Bertz CT molecular complexity index is 552. The maximum Gasteiger partial charge on any atom is 0.337 e. The second-order valence-corrected chi connectivity index (χ2v) is 5.03. The van der Waals surface area contributed by atoms with Gasteiger partial charge in [0.05, 0.1) is 18.7 Å². The van der Waals surface area contributed by atoms with E-state index in [1.54, 1.807) is 6.92 Å². The predicted octanol–water partition coefficient (Wildman–Crippen LogP) is 2.25. The molecule has 1 aromatic rings. The van der Waals surface area contributed by atoms with Gasteiger partial charge in [-0.15, -0.1) is 0 Å². The largest absolute Gasteiger partial charge is 0.466 e. The lowest BCUT2D eigenvalue weighted by atomic mass is 9.96. The molecule has 0 aliphatic carbocycles. The predicted molar refractivity (Wildman–Crippen MR) is 73.3 cm³/mol. The molecule has 2 N–H and O–H groups in total. The van der Waals surface area contributed by atoms with Gasteiger partial charge in [0.2, 0.25) is 0 Å². The summed E-state index contributed by atoms with van der Waals surface area (Å²) in [7, 11) is 1.32. The van der Waals surface area contributed by atoms with Gasteiger partial charge in [-0.25, -0.2) is 9.59 Å². The van der Waals surface area contributed by atoms with Crippen LogP contribution in [0.4, 0.5) is 4.79 Å². The minimum Gasteiger partial charge on any atom is -0.466 e. The van der Waals surface area contributed by atoms with Crippen molar-refractivity contribution >= 4 is 27.9 Å². The van der Waals surface area contributed by atoms with Gasteiger partial charge in [0.1, 0.15) is 0 Å². The van der Waals surface area contributed by atoms with E-state index in [4.69, 9.17) is 4.74 Å². The summed E-state index contributed by atoms with van der Waals surface area (Å²) >= 11 is 3.35. The van der Waals surface area contributed by atoms with Crippen molar-refractivity contribution in [1.29, 1.82) is 0 Å². The Kier molecular flexibility index (Phi) is 3.90. The van der Waals surface area contributed by atoms with Crippen LogP contribution in [0.3, 0.4) is 0 Å². The van der Waals surface area contributed by atoms with Crippen molar-refractivity contribution in [2.45, 2.75) is 13.0 Å². The summed E-state index contributed by atoms with van der Waals surface area (Å²) in [5.41, 5.74) is 1.73. The molecule has 0 saturated heterocycles. The molecule has 0 spiro atoms. The van der Waals surface area contributed by atoms with Gasteiger partial charge in [-0.1, -0.05) is 28.1 Å². The van der Waals surface area contributed by atoms with Crippen molar-refractivity contribution in [3.63, 3.8) is 0 Å². The van der Waals surface area contributed by atoms with Crippen molar-refractivity contribution in [2.24, 2.45) is 0 Å². The Morgan fingerprint density at radius 1 is 1.32 bits per heavy atom. The fraction of sp³-hybridized carbons (Fsp3) is 0.231. The van der Waals surface area contributed by atoms with E-state index in [2.05, 4.69) is 26.6 Å². The van der Waals surface area contributed by atoms with Crippen molar-refractivity contribution in [2.75, 3.05) is 7.11 Å². The maximum absolute atomic E-state index is 11.9. The molecule has 1 heterocycles. The standard InChI is InChI=1S/C13H13BrN2O3/c1-7-10(12(17)19-2)11(16-13(18)15-7)8-3-5-9(14)6-4-8/h3-6,11H,1-2H3,(H2,15,16,18). The highest BCUT2D eigenvalue weighted by Gasteiger charge is 2.31. The van der Waals surface area contributed by atoms with Crippen LogP contribution >= 0.6 is 15.9 Å². The molecular weight excluding hydrogens is 312 g/mol. The highest BCUT2D eigenvalue weighted by Crippen LogP contribution is 2.28. The van der Waals surface area contributed by atoms with Crippen molar-refractivity contribution in [1.82, 2.24) is 10.6 Å². The molecular formula is C13H13BrN2O3. The molecule has 1 aliphatic rings. The number of allylic oxidation sites excluding steroid dienone is 1. The summed E-state index contributed by atoms with van der Waals surface area (Å²) in [6.07, 6.45) is 0. The zero-order valence-electron chi connectivity index (χ0n) is 10.5. The molecule has 1 unspecified atom stereocenters. The molecule has 0 bridgehead atoms. The first kappa shape index (κ1) is 13.6. The van der Waals surface area contributed by atoms with Gasteiger partial charge >= 0.3 is 12.0 Å². The van der Waals surface area contributed by atoms with Crippen LogP contribution in [0.5, 0.6) is 0 Å². The lowest BCUT2D eigenvalue weighted by Gasteiger charge is -2.27. The van der Waals surface area contributed by atoms with E-state index < -0.39 is 12.0 Å². The first-order valence-electron chi connectivity index (χ1n) is 5.65. The SMILES string of the molecule is COC(=O)C1=C(C)NC(=O)NC1c1ccc(Br)cc1. The Morgan fingerprint density at radius 3 is 2.53 bits per heavy atom. The average Bonchev–Trinajstić information content (AvgIpc) is 2.38. The van der Waals surface area contributed by atoms with Crippen LogP contribution in [0, 0.1) is 0 Å². The second kappa shape index (κ2) is 5.44. The molecule has 100 valence electrons. The van der Waals surface area contributed by atoms with E-state index in [1.807, 2.05) is 24.3 Å². The van der Waals surface area contributed by atoms with E-state index >= 15 is 0 Å². The fourth-order valence-corrected chi connectivity index (χ4v) is 2.24. The fourth-order valence-electron chi connectivity index (χ4n) is 1.98. The van der Waals surface area contributed by atoms with Crippen LogP contribution in [-0.4, -0.2) is 19.1 Å². The molecule has 19 heavy (non-hydrogen) atoms. The number of urea groups is 1. The monoisotopic (exact) mass is 324 g/mol. The number of hydrogen-bond donors (Lipinski definition) is 2. The van der Waals surface area contributed by atoms with Crippen LogP contribution in [-0.2, 0) is 9.53 Å². The number of amides is 2. The molecule has 1 aliphatic heterocycles. The molecule has 6 heteroatoms. The number of ether oxygens (including phenoxy) is 1. The highest BCUT2D eigenvalue weighted by atomic mass is 79.9. The van der Waals surface area contributed by atoms with Crippen LogP contribution in [0.15, 0.2) is 40.0 Å². The van der Waals surface area contributed by atoms with E-state index in [9.17, 15) is 9.59 Å². The van der Waals surface area contributed by atoms with Gasteiger partial charge < -0.3 is 15.4 Å². The summed E-state index contributed by atoms with van der Waals surface area (Å²) in [6.45, 7) is 1.68. The van der Waals surface area contributed by atoms with Crippen LogP contribution < -0.4 is 10.6 Å². The molecule has 2 amide bonds. The third-order valence-corrected chi connectivity index (χ3v) is 3.41. The zero-order valence-corrected chi connectivity index (χ0v) is 12.1. The Balaban J connectivity index is 2.46.